The molecule has 1 N–H and O–H groups in total. The zero-order valence-corrected chi connectivity index (χ0v) is 15.0. The average molecular weight is 424 g/mol. The summed E-state index contributed by atoms with van der Waals surface area (Å²) >= 11 is 2.25. The highest BCUT2D eigenvalue weighted by Gasteiger charge is 2.08. The van der Waals surface area contributed by atoms with Gasteiger partial charge in [-0.2, -0.15) is 5.10 Å². The molecule has 0 radical (unpaired) electrons. The Morgan fingerprint density at radius 1 is 1.39 bits per heavy atom. The van der Waals surface area contributed by atoms with E-state index >= 15 is 0 Å². The summed E-state index contributed by atoms with van der Waals surface area (Å²) in [6.07, 6.45) is 6.48. The summed E-state index contributed by atoms with van der Waals surface area (Å²) in [6, 6.07) is 7.64. The molecule has 5 nitrogen and oxygen atoms in total. The summed E-state index contributed by atoms with van der Waals surface area (Å²) in [5, 5.41) is 3.81. The predicted molar refractivity (Wildman–Crippen MR) is 98.5 cm³/mol. The van der Waals surface area contributed by atoms with E-state index < -0.39 is 0 Å². The van der Waals surface area contributed by atoms with Gasteiger partial charge in [-0.3, -0.25) is 4.79 Å². The maximum absolute atomic E-state index is 11.7. The average Bonchev–Trinajstić information content (AvgIpc) is 2.99. The molecular weight excluding hydrogens is 407 g/mol. The van der Waals surface area contributed by atoms with Crippen molar-refractivity contribution in [2.75, 3.05) is 6.61 Å². The van der Waals surface area contributed by atoms with Crippen LogP contribution in [0.4, 0.5) is 0 Å². The number of rotatable bonds is 6. The monoisotopic (exact) mass is 424 g/mol. The smallest absolute Gasteiger partial charge is 0.277 e. The summed E-state index contributed by atoms with van der Waals surface area (Å²) in [6.45, 7) is 3.83. The number of halogens is 1. The highest BCUT2D eigenvalue weighted by atomic mass is 127. The topological polar surface area (TPSA) is 63.8 Å². The molecule has 0 aliphatic heterocycles. The van der Waals surface area contributed by atoms with Crippen molar-refractivity contribution in [3.8, 4) is 5.75 Å². The van der Waals surface area contributed by atoms with Crippen LogP contribution in [-0.2, 0) is 4.79 Å². The zero-order valence-electron chi connectivity index (χ0n) is 12.9. The molecule has 0 saturated heterocycles. The first-order chi connectivity index (χ1) is 11.1. The molecule has 23 heavy (non-hydrogen) atoms. The second-order valence-corrected chi connectivity index (χ2v) is 6.09. The van der Waals surface area contributed by atoms with Crippen molar-refractivity contribution in [2.24, 2.45) is 5.10 Å². The van der Waals surface area contributed by atoms with E-state index in [1.54, 1.807) is 24.5 Å². The van der Waals surface area contributed by atoms with Crippen molar-refractivity contribution in [3.63, 3.8) is 0 Å². The summed E-state index contributed by atoms with van der Waals surface area (Å²) in [5.74, 6) is 1.14. The number of hydrogen-bond acceptors (Lipinski definition) is 4. The number of hydrogen-bond donors (Lipinski definition) is 1. The number of carbonyl (C=O) groups excluding carboxylic acids is 1. The van der Waals surface area contributed by atoms with Gasteiger partial charge in [0.25, 0.3) is 5.91 Å². The summed E-state index contributed by atoms with van der Waals surface area (Å²) in [5.41, 5.74) is 4.42. The number of nitrogens with zero attached hydrogens (tertiary/aromatic N) is 1. The second-order valence-electron chi connectivity index (χ2n) is 4.85. The molecule has 1 heterocycles. The molecule has 0 fully saturated rings. The van der Waals surface area contributed by atoms with E-state index in [9.17, 15) is 4.79 Å². The Labute approximate surface area is 148 Å². The highest BCUT2D eigenvalue weighted by Crippen LogP contribution is 2.25. The molecule has 0 atom stereocenters. The van der Waals surface area contributed by atoms with Gasteiger partial charge in [-0.25, -0.2) is 5.43 Å². The second kappa shape index (κ2) is 8.52. The Balaban J connectivity index is 1.79. The van der Waals surface area contributed by atoms with Gasteiger partial charge in [-0.1, -0.05) is 0 Å². The number of hydrazone groups is 1. The van der Waals surface area contributed by atoms with Gasteiger partial charge in [0.1, 0.15) is 11.5 Å². The standard InChI is InChI=1S/C17H17IN2O3/c1-12-9-14(18)10-13(2)17(12)23-11-16(21)20-19-7-3-5-15-6-4-8-22-15/h3-10H,11H2,1-2H3,(H,20,21)/b5-3+,19-7-. The molecule has 1 aromatic carbocycles. The molecule has 0 aliphatic carbocycles. The van der Waals surface area contributed by atoms with E-state index in [0.717, 1.165) is 26.2 Å². The van der Waals surface area contributed by atoms with E-state index in [2.05, 4.69) is 33.1 Å². The number of aryl methyl sites for hydroxylation is 2. The Kier molecular flexibility index (Phi) is 6.40. The molecular formula is C17H17IN2O3. The van der Waals surface area contributed by atoms with Crippen LogP contribution in [0.2, 0.25) is 0 Å². The first-order valence-electron chi connectivity index (χ1n) is 6.98. The van der Waals surface area contributed by atoms with Crippen molar-refractivity contribution in [1.82, 2.24) is 5.43 Å². The molecule has 0 spiro atoms. The van der Waals surface area contributed by atoms with Crippen molar-refractivity contribution in [1.29, 1.82) is 0 Å². The van der Waals surface area contributed by atoms with Gasteiger partial charge in [0.15, 0.2) is 6.61 Å². The quantitative estimate of drug-likeness (QED) is 0.437. The fraction of sp³-hybridized carbons (Fsp3) is 0.176. The number of furan rings is 1. The first-order valence-corrected chi connectivity index (χ1v) is 8.06. The summed E-state index contributed by atoms with van der Waals surface area (Å²) in [7, 11) is 0. The van der Waals surface area contributed by atoms with Crippen LogP contribution >= 0.6 is 22.6 Å². The third-order valence-corrected chi connectivity index (χ3v) is 3.55. The molecule has 0 bridgehead atoms. The Morgan fingerprint density at radius 3 is 2.78 bits per heavy atom. The fourth-order valence-electron chi connectivity index (χ4n) is 1.97. The maximum Gasteiger partial charge on any atom is 0.277 e. The molecule has 0 aliphatic rings. The maximum atomic E-state index is 11.7. The van der Waals surface area contributed by atoms with E-state index in [0.29, 0.717) is 0 Å². The zero-order chi connectivity index (χ0) is 16.7. The normalized spacial score (nSPS) is 11.3. The van der Waals surface area contributed by atoms with Crippen LogP contribution in [0.5, 0.6) is 5.75 Å². The SMILES string of the molecule is Cc1cc(I)cc(C)c1OCC(=O)N/N=C\C=C\c1ccco1. The first kappa shape index (κ1) is 17.3. The number of allylic oxidation sites excluding steroid dienone is 1. The number of amides is 1. The lowest BCUT2D eigenvalue weighted by molar-refractivity contribution is -0.123. The van der Waals surface area contributed by atoms with Gasteiger partial charge >= 0.3 is 0 Å². The molecule has 6 heteroatoms. The molecule has 120 valence electrons. The molecule has 2 rings (SSSR count). The van der Waals surface area contributed by atoms with Crippen LogP contribution in [0.3, 0.4) is 0 Å². The van der Waals surface area contributed by atoms with Gasteiger partial charge in [0.2, 0.25) is 0 Å². The van der Waals surface area contributed by atoms with Gasteiger partial charge in [-0.15, -0.1) is 0 Å². The minimum Gasteiger partial charge on any atom is -0.483 e. The molecule has 2 aromatic rings. The van der Waals surface area contributed by atoms with E-state index in [-0.39, 0.29) is 12.5 Å². The van der Waals surface area contributed by atoms with Crippen molar-refractivity contribution in [2.45, 2.75) is 13.8 Å². The third kappa shape index (κ3) is 5.55. The molecule has 0 unspecified atom stereocenters. The van der Waals surface area contributed by atoms with Crippen molar-refractivity contribution < 1.29 is 13.9 Å². The Morgan fingerprint density at radius 2 is 2.13 bits per heavy atom. The minimum atomic E-state index is -0.315. The molecule has 0 saturated carbocycles. The Bertz CT molecular complexity index is 698. The van der Waals surface area contributed by atoms with Crippen LogP contribution in [0, 0.1) is 17.4 Å². The van der Waals surface area contributed by atoms with E-state index in [1.165, 1.54) is 6.21 Å². The van der Waals surface area contributed by atoms with Gasteiger partial charge in [0.05, 0.1) is 6.26 Å². The lowest BCUT2D eigenvalue weighted by atomic mass is 10.1. The van der Waals surface area contributed by atoms with Crippen LogP contribution < -0.4 is 10.2 Å². The number of ether oxygens (including phenoxy) is 1. The van der Waals surface area contributed by atoms with Crippen LogP contribution in [0.1, 0.15) is 16.9 Å². The minimum absolute atomic E-state index is 0.0818. The van der Waals surface area contributed by atoms with Gasteiger partial charge in [0, 0.05) is 9.78 Å². The third-order valence-electron chi connectivity index (χ3n) is 2.93. The van der Waals surface area contributed by atoms with E-state index in [1.807, 2.05) is 32.0 Å². The number of carbonyl (C=O) groups is 1. The van der Waals surface area contributed by atoms with Gasteiger partial charge in [-0.05, 0) is 84.0 Å². The van der Waals surface area contributed by atoms with E-state index in [4.69, 9.17) is 9.15 Å². The van der Waals surface area contributed by atoms with Crippen LogP contribution in [0.15, 0.2) is 46.1 Å². The summed E-state index contributed by atoms with van der Waals surface area (Å²) < 4.78 is 11.8. The predicted octanol–water partition coefficient (Wildman–Crippen LogP) is 3.70. The highest BCUT2D eigenvalue weighted by molar-refractivity contribution is 14.1. The van der Waals surface area contributed by atoms with Crippen LogP contribution in [0.25, 0.3) is 6.08 Å². The lowest BCUT2D eigenvalue weighted by Gasteiger charge is -2.11. The van der Waals surface area contributed by atoms with Gasteiger partial charge < -0.3 is 9.15 Å². The lowest BCUT2D eigenvalue weighted by Crippen LogP contribution is -2.24. The Hall–Kier alpha value is -2.09. The largest absolute Gasteiger partial charge is 0.483 e. The number of benzene rings is 1. The van der Waals surface area contributed by atoms with Crippen molar-refractivity contribution >= 4 is 40.8 Å². The summed E-state index contributed by atoms with van der Waals surface area (Å²) in [4.78, 5) is 11.7. The number of nitrogens with one attached hydrogen (secondary N) is 1. The molecule has 1 aromatic heterocycles. The van der Waals surface area contributed by atoms with Crippen LogP contribution in [-0.4, -0.2) is 18.7 Å². The molecule has 1 amide bonds. The van der Waals surface area contributed by atoms with Crippen molar-refractivity contribution in [3.05, 3.63) is 57.1 Å². The fourth-order valence-corrected chi connectivity index (χ4v) is 2.91.